The summed E-state index contributed by atoms with van der Waals surface area (Å²) in [7, 11) is 0. The molecule has 2 aromatic heterocycles. The Morgan fingerprint density at radius 3 is 3.00 bits per heavy atom. The van der Waals surface area contributed by atoms with Crippen LogP contribution in [-0.2, 0) is 0 Å². The molecule has 2 heterocycles. The van der Waals surface area contributed by atoms with Crippen molar-refractivity contribution in [2.24, 2.45) is 0 Å². The van der Waals surface area contributed by atoms with Gasteiger partial charge in [0.2, 0.25) is 0 Å². The lowest BCUT2D eigenvalue weighted by Crippen LogP contribution is -1.97. The van der Waals surface area contributed by atoms with Gasteiger partial charge in [0.05, 0.1) is 12.0 Å². The van der Waals surface area contributed by atoms with Gasteiger partial charge in [-0.15, -0.1) is 0 Å². The molecule has 2 aromatic rings. The number of aromatic nitrogens is 4. The fourth-order valence-corrected chi connectivity index (χ4v) is 1.34. The van der Waals surface area contributed by atoms with Gasteiger partial charge in [0, 0.05) is 5.92 Å². The van der Waals surface area contributed by atoms with E-state index in [2.05, 4.69) is 33.8 Å². The first-order chi connectivity index (χ1) is 6.33. The van der Waals surface area contributed by atoms with Gasteiger partial charge in [0.1, 0.15) is 11.8 Å². The minimum atomic E-state index is 0.439. The van der Waals surface area contributed by atoms with Crippen molar-refractivity contribution < 1.29 is 0 Å². The quantitative estimate of drug-likeness (QED) is 0.759. The summed E-state index contributed by atoms with van der Waals surface area (Å²) < 4.78 is 0. The van der Waals surface area contributed by atoms with E-state index >= 15 is 0 Å². The van der Waals surface area contributed by atoms with Crippen LogP contribution in [0.1, 0.15) is 31.9 Å². The molecular weight excluding hydrogens is 164 g/mol. The minimum Gasteiger partial charge on any atom is -0.329 e. The molecule has 1 atom stereocenters. The van der Waals surface area contributed by atoms with Crippen molar-refractivity contribution in [3.05, 3.63) is 18.3 Å². The summed E-state index contributed by atoms with van der Waals surface area (Å²) >= 11 is 0. The Morgan fingerprint density at radius 1 is 1.38 bits per heavy atom. The van der Waals surface area contributed by atoms with Crippen LogP contribution >= 0.6 is 0 Å². The Bertz CT molecular complexity index is 407. The number of H-pyrrole nitrogens is 1. The number of hydrogen-bond donors (Lipinski definition) is 1. The summed E-state index contributed by atoms with van der Waals surface area (Å²) in [6.45, 7) is 4.29. The highest BCUT2D eigenvalue weighted by atomic mass is 15.0. The van der Waals surface area contributed by atoms with E-state index in [-0.39, 0.29) is 0 Å². The van der Waals surface area contributed by atoms with Crippen LogP contribution in [-0.4, -0.2) is 19.9 Å². The van der Waals surface area contributed by atoms with Gasteiger partial charge in [-0.25, -0.2) is 15.0 Å². The second-order valence-corrected chi connectivity index (χ2v) is 3.17. The van der Waals surface area contributed by atoms with Gasteiger partial charge in [0.25, 0.3) is 0 Å². The molecule has 0 aromatic carbocycles. The molecule has 0 spiro atoms. The van der Waals surface area contributed by atoms with Crippen LogP contribution in [0.5, 0.6) is 0 Å². The van der Waals surface area contributed by atoms with Crippen molar-refractivity contribution in [3.63, 3.8) is 0 Å². The fourth-order valence-electron chi connectivity index (χ4n) is 1.34. The molecule has 4 heteroatoms. The Balaban J connectivity index is 2.60. The highest BCUT2D eigenvalue weighted by Crippen LogP contribution is 2.21. The molecule has 0 aliphatic heterocycles. The van der Waals surface area contributed by atoms with Crippen molar-refractivity contribution in [2.75, 3.05) is 0 Å². The predicted octanol–water partition coefficient (Wildman–Crippen LogP) is 1.87. The number of nitrogens with one attached hydrogen (secondary N) is 1. The lowest BCUT2D eigenvalue weighted by atomic mass is 10.0. The van der Waals surface area contributed by atoms with E-state index in [1.165, 1.54) is 0 Å². The van der Waals surface area contributed by atoms with Crippen LogP contribution in [0.2, 0.25) is 0 Å². The number of hydrogen-bond acceptors (Lipinski definition) is 3. The molecule has 2 rings (SSSR count). The van der Waals surface area contributed by atoms with Gasteiger partial charge in [-0.2, -0.15) is 0 Å². The summed E-state index contributed by atoms with van der Waals surface area (Å²) in [4.78, 5) is 15.5. The van der Waals surface area contributed by atoms with Crippen LogP contribution in [0.25, 0.3) is 11.2 Å². The highest BCUT2D eigenvalue weighted by molar-refractivity contribution is 5.72. The lowest BCUT2D eigenvalue weighted by molar-refractivity contribution is 0.711. The zero-order valence-electron chi connectivity index (χ0n) is 7.78. The van der Waals surface area contributed by atoms with Gasteiger partial charge in [-0.1, -0.05) is 13.8 Å². The number of fused-ring (bicyclic) bond motifs is 1. The third-order valence-corrected chi connectivity index (χ3v) is 2.32. The summed E-state index contributed by atoms with van der Waals surface area (Å²) in [6, 6.07) is 0. The fraction of sp³-hybridized carbons (Fsp3) is 0.444. The largest absolute Gasteiger partial charge is 0.329 e. The third-order valence-electron chi connectivity index (χ3n) is 2.32. The molecule has 13 heavy (non-hydrogen) atoms. The van der Waals surface area contributed by atoms with E-state index in [1.807, 2.05) is 0 Å². The van der Waals surface area contributed by atoms with E-state index < -0.39 is 0 Å². The molecule has 1 unspecified atom stereocenters. The van der Waals surface area contributed by atoms with Gasteiger partial charge in [-0.05, 0) is 6.42 Å². The van der Waals surface area contributed by atoms with E-state index in [0.717, 1.165) is 23.3 Å². The van der Waals surface area contributed by atoms with Crippen LogP contribution in [0, 0.1) is 0 Å². The standard InChI is InChI=1S/C9H12N4/c1-3-6(2)7-8-9(12-4-10-7)13-5-11-8/h4-6H,3H2,1-2H3,(H,10,11,12,13). The second kappa shape index (κ2) is 3.12. The molecule has 0 saturated carbocycles. The normalized spacial score (nSPS) is 13.4. The van der Waals surface area contributed by atoms with Crippen LogP contribution in [0.3, 0.4) is 0 Å². The van der Waals surface area contributed by atoms with E-state index in [1.54, 1.807) is 12.7 Å². The number of aromatic amines is 1. The molecule has 4 nitrogen and oxygen atoms in total. The molecule has 0 aliphatic rings. The Morgan fingerprint density at radius 2 is 2.23 bits per heavy atom. The van der Waals surface area contributed by atoms with Crippen LogP contribution < -0.4 is 0 Å². The highest BCUT2D eigenvalue weighted by Gasteiger charge is 2.11. The van der Waals surface area contributed by atoms with Gasteiger partial charge in [-0.3, -0.25) is 0 Å². The van der Waals surface area contributed by atoms with E-state index in [4.69, 9.17) is 0 Å². The number of imidazole rings is 1. The van der Waals surface area contributed by atoms with Crippen molar-refractivity contribution in [2.45, 2.75) is 26.2 Å². The Labute approximate surface area is 76.4 Å². The molecular formula is C9H12N4. The predicted molar refractivity (Wildman–Crippen MR) is 50.4 cm³/mol. The molecule has 68 valence electrons. The van der Waals surface area contributed by atoms with E-state index in [0.29, 0.717) is 5.92 Å². The summed E-state index contributed by atoms with van der Waals surface area (Å²) in [5.74, 6) is 0.439. The zero-order valence-corrected chi connectivity index (χ0v) is 7.78. The lowest BCUT2D eigenvalue weighted by Gasteiger charge is -2.06. The molecule has 0 amide bonds. The van der Waals surface area contributed by atoms with Crippen molar-refractivity contribution in [1.82, 2.24) is 19.9 Å². The van der Waals surface area contributed by atoms with Crippen molar-refractivity contribution in [1.29, 1.82) is 0 Å². The number of nitrogens with zero attached hydrogens (tertiary/aromatic N) is 3. The average molecular weight is 176 g/mol. The van der Waals surface area contributed by atoms with Crippen LogP contribution in [0.15, 0.2) is 12.7 Å². The average Bonchev–Trinajstić information content (AvgIpc) is 2.63. The van der Waals surface area contributed by atoms with Crippen LogP contribution in [0.4, 0.5) is 0 Å². The van der Waals surface area contributed by atoms with Crippen molar-refractivity contribution >= 4 is 11.2 Å². The summed E-state index contributed by atoms with van der Waals surface area (Å²) in [5.41, 5.74) is 2.76. The molecule has 0 aliphatic carbocycles. The first kappa shape index (κ1) is 8.16. The molecule has 1 N–H and O–H groups in total. The zero-order chi connectivity index (χ0) is 9.26. The number of rotatable bonds is 2. The molecule has 0 bridgehead atoms. The second-order valence-electron chi connectivity index (χ2n) is 3.17. The van der Waals surface area contributed by atoms with E-state index in [9.17, 15) is 0 Å². The molecule has 0 radical (unpaired) electrons. The smallest absolute Gasteiger partial charge is 0.160 e. The SMILES string of the molecule is CCC(C)c1ncnc2[nH]cnc12. The van der Waals surface area contributed by atoms with Gasteiger partial charge >= 0.3 is 0 Å². The van der Waals surface area contributed by atoms with Gasteiger partial charge < -0.3 is 4.98 Å². The summed E-state index contributed by atoms with van der Waals surface area (Å²) in [6.07, 6.45) is 4.31. The van der Waals surface area contributed by atoms with Crippen molar-refractivity contribution in [3.8, 4) is 0 Å². The monoisotopic (exact) mass is 176 g/mol. The molecule has 0 saturated heterocycles. The Kier molecular flexibility index (Phi) is 1.96. The maximum absolute atomic E-state index is 4.26. The van der Waals surface area contributed by atoms with Gasteiger partial charge in [0.15, 0.2) is 5.65 Å². The maximum Gasteiger partial charge on any atom is 0.160 e. The Hall–Kier alpha value is -1.45. The first-order valence-electron chi connectivity index (χ1n) is 4.47. The minimum absolute atomic E-state index is 0.439. The summed E-state index contributed by atoms with van der Waals surface area (Å²) in [5, 5.41) is 0. The third kappa shape index (κ3) is 1.28. The topological polar surface area (TPSA) is 54.5 Å². The molecule has 0 fully saturated rings. The first-order valence-corrected chi connectivity index (χ1v) is 4.47. The maximum atomic E-state index is 4.26.